The Morgan fingerprint density at radius 1 is 1.27 bits per heavy atom. The van der Waals surface area contributed by atoms with Crippen molar-refractivity contribution in [1.29, 1.82) is 0 Å². The summed E-state index contributed by atoms with van der Waals surface area (Å²) in [5.74, 6) is -0.307. The molecular weight excluding hydrogens is 192 g/mol. The van der Waals surface area contributed by atoms with Gasteiger partial charge < -0.3 is 4.74 Å². The van der Waals surface area contributed by atoms with Gasteiger partial charge in [0, 0.05) is 6.92 Å². The maximum absolute atomic E-state index is 11.6. The Bertz CT molecular complexity index is 405. The maximum Gasteiger partial charge on any atom is 0.308 e. The lowest BCUT2D eigenvalue weighted by Gasteiger charge is -2.05. The molecule has 0 saturated carbocycles. The number of rotatable bonds is 3. The Kier molecular flexibility index (Phi) is 3.80. The monoisotopic (exact) mass is 204 g/mol. The molecule has 0 radical (unpaired) electrons. The van der Waals surface area contributed by atoms with Crippen LogP contribution in [0, 0.1) is 0 Å². The molecule has 1 rings (SSSR count). The van der Waals surface area contributed by atoms with E-state index in [0.717, 1.165) is 0 Å². The molecule has 0 spiro atoms. The summed E-state index contributed by atoms with van der Waals surface area (Å²) in [5.41, 5.74) is 0.394. The number of hydrogen-bond donors (Lipinski definition) is 0. The minimum Gasteiger partial charge on any atom is -0.426 e. The predicted octanol–water partition coefficient (Wildman–Crippen LogP) is 2.37. The lowest BCUT2D eigenvalue weighted by atomic mass is 10.1. The maximum atomic E-state index is 11.6. The van der Waals surface area contributed by atoms with Gasteiger partial charge in [-0.1, -0.05) is 18.2 Å². The number of esters is 1. The zero-order valence-corrected chi connectivity index (χ0v) is 8.69. The van der Waals surface area contributed by atoms with E-state index in [1.54, 1.807) is 37.3 Å². The molecule has 0 aliphatic carbocycles. The van der Waals surface area contributed by atoms with E-state index in [-0.39, 0.29) is 5.78 Å². The van der Waals surface area contributed by atoms with Gasteiger partial charge in [0.05, 0.1) is 5.56 Å². The van der Waals surface area contributed by atoms with Gasteiger partial charge >= 0.3 is 5.97 Å². The number of ether oxygens (including phenoxy) is 1. The molecule has 0 saturated heterocycles. The fourth-order valence-corrected chi connectivity index (χ4v) is 1.16. The van der Waals surface area contributed by atoms with Crippen LogP contribution >= 0.6 is 0 Å². The van der Waals surface area contributed by atoms with Crippen LogP contribution in [0.4, 0.5) is 0 Å². The van der Waals surface area contributed by atoms with Crippen molar-refractivity contribution in [3.8, 4) is 5.75 Å². The first-order chi connectivity index (χ1) is 7.15. The average Bonchev–Trinajstić information content (AvgIpc) is 2.18. The van der Waals surface area contributed by atoms with Gasteiger partial charge in [0.2, 0.25) is 0 Å². The normalized spacial score (nSPS) is 10.3. The van der Waals surface area contributed by atoms with Crippen LogP contribution in [0.15, 0.2) is 36.4 Å². The molecule has 0 unspecified atom stereocenters. The first-order valence-corrected chi connectivity index (χ1v) is 4.59. The fraction of sp³-hybridized carbons (Fsp3) is 0.167. The molecule has 3 nitrogen and oxygen atoms in total. The number of allylic oxidation sites excluding steroid dienone is 2. The predicted molar refractivity (Wildman–Crippen MR) is 56.9 cm³/mol. The highest BCUT2D eigenvalue weighted by molar-refractivity contribution is 6.06. The highest BCUT2D eigenvalue weighted by Gasteiger charge is 2.10. The zero-order valence-electron chi connectivity index (χ0n) is 8.69. The molecule has 3 heteroatoms. The molecule has 0 atom stereocenters. The molecule has 0 aliphatic heterocycles. The Hall–Kier alpha value is -1.90. The Labute approximate surface area is 88.4 Å². The highest BCUT2D eigenvalue weighted by Crippen LogP contribution is 2.18. The third kappa shape index (κ3) is 3.06. The van der Waals surface area contributed by atoms with Crippen LogP contribution < -0.4 is 4.74 Å². The summed E-state index contributed by atoms with van der Waals surface area (Å²) in [7, 11) is 0. The summed E-state index contributed by atoms with van der Waals surface area (Å²) in [5, 5.41) is 0. The average molecular weight is 204 g/mol. The van der Waals surface area contributed by atoms with Gasteiger partial charge in [0.25, 0.3) is 0 Å². The molecule has 0 N–H and O–H groups in total. The summed E-state index contributed by atoms with van der Waals surface area (Å²) < 4.78 is 4.92. The van der Waals surface area contributed by atoms with Gasteiger partial charge in [-0.25, -0.2) is 0 Å². The van der Waals surface area contributed by atoms with Crippen LogP contribution in [-0.2, 0) is 4.79 Å². The van der Waals surface area contributed by atoms with Crippen molar-refractivity contribution < 1.29 is 14.3 Å². The zero-order chi connectivity index (χ0) is 11.3. The van der Waals surface area contributed by atoms with Gasteiger partial charge in [-0.05, 0) is 25.1 Å². The Morgan fingerprint density at radius 3 is 2.53 bits per heavy atom. The van der Waals surface area contributed by atoms with Crippen LogP contribution in [0.3, 0.4) is 0 Å². The first-order valence-electron chi connectivity index (χ1n) is 4.59. The van der Waals surface area contributed by atoms with E-state index in [1.807, 2.05) is 0 Å². The number of carbonyl (C=O) groups is 2. The molecule has 0 bridgehead atoms. The summed E-state index contributed by atoms with van der Waals surface area (Å²) in [6.45, 7) is 3.06. The van der Waals surface area contributed by atoms with Crippen LogP contribution in [0.1, 0.15) is 24.2 Å². The molecule has 1 aromatic rings. The number of hydrogen-bond acceptors (Lipinski definition) is 3. The molecule has 0 heterocycles. The van der Waals surface area contributed by atoms with Gasteiger partial charge in [0.15, 0.2) is 5.78 Å². The number of ketones is 1. The van der Waals surface area contributed by atoms with Crippen LogP contribution in [0.2, 0.25) is 0 Å². The van der Waals surface area contributed by atoms with E-state index >= 15 is 0 Å². The number of benzene rings is 1. The molecule has 0 amide bonds. The van der Waals surface area contributed by atoms with Crippen molar-refractivity contribution >= 4 is 11.8 Å². The van der Waals surface area contributed by atoms with Gasteiger partial charge in [-0.15, -0.1) is 0 Å². The van der Waals surface area contributed by atoms with E-state index in [0.29, 0.717) is 11.3 Å². The summed E-state index contributed by atoms with van der Waals surface area (Å²) >= 11 is 0. The quantitative estimate of drug-likeness (QED) is 0.328. The van der Waals surface area contributed by atoms with E-state index in [9.17, 15) is 9.59 Å². The molecule has 15 heavy (non-hydrogen) atoms. The van der Waals surface area contributed by atoms with E-state index in [1.165, 1.54) is 13.0 Å². The van der Waals surface area contributed by atoms with E-state index in [4.69, 9.17) is 4.74 Å². The molecule has 0 aliphatic rings. The molecule has 78 valence electrons. The van der Waals surface area contributed by atoms with Crippen molar-refractivity contribution in [2.75, 3.05) is 0 Å². The van der Waals surface area contributed by atoms with Gasteiger partial charge in [-0.3, -0.25) is 9.59 Å². The third-order valence-electron chi connectivity index (χ3n) is 1.72. The molecule has 0 aromatic heterocycles. The summed E-state index contributed by atoms with van der Waals surface area (Å²) in [4.78, 5) is 22.4. The first kappa shape index (κ1) is 11.2. The lowest BCUT2D eigenvalue weighted by Crippen LogP contribution is -2.06. The smallest absolute Gasteiger partial charge is 0.308 e. The fourth-order valence-electron chi connectivity index (χ4n) is 1.16. The lowest BCUT2D eigenvalue weighted by molar-refractivity contribution is -0.131. The van der Waals surface area contributed by atoms with Crippen molar-refractivity contribution in [2.24, 2.45) is 0 Å². The number of para-hydroxylation sites is 1. The largest absolute Gasteiger partial charge is 0.426 e. The van der Waals surface area contributed by atoms with Crippen LogP contribution in [-0.4, -0.2) is 11.8 Å². The highest BCUT2D eigenvalue weighted by atomic mass is 16.5. The second kappa shape index (κ2) is 5.10. The second-order valence-corrected chi connectivity index (χ2v) is 2.95. The standard InChI is InChI=1S/C12H12O3/c1-3-6-11(14)10-7-4-5-8-12(10)15-9(2)13/h3-8H,1-2H3. The second-order valence-electron chi connectivity index (χ2n) is 2.95. The third-order valence-corrected chi connectivity index (χ3v) is 1.72. The number of carbonyl (C=O) groups excluding carboxylic acids is 2. The van der Waals surface area contributed by atoms with E-state index in [2.05, 4.69) is 0 Å². The molecule has 0 fully saturated rings. The van der Waals surface area contributed by atoms with Crippen molar-refractivity contribution in [1.82, 2.24) is 0 Å². The Balaban J connectivity index is 3.05. The molecular formula is C12H12O3. The van der Waals surface area contributed by atoms with Crippen LogP contribution in [0.5, 0.6) is 5.75 Å². The minimum absolute atomic E-state index is 0.172. The Morgan fingerprint density at radius 2 is 1.93 bits per heavy atom. The minimum atomic E-state index is -0.435. The van der Waals surface area contributed by atoms with Crippen LogP contribution in [0.25, 0.3) is 0 Å². The SMILES string of the molecule is CC=CC(=O)c1ccccc1OC(C)=O. The van der Waals surface area contributed by atoms with Crippen molar-refractivity contribution in [2.45, 2.75) is 13.8 Å². The van der Waals surface area contributed by atoms with Crippen molar-refractivity contribution in [3.05, 3.63) is 42.0 Å². The summed E-state index contributed by atoms with van der Waals surface area (Å²) in [6, 6.07) is 6.66. The van der Waals surface area contributed by atoms with Gasteiger partial charge in [-0.2, -0.15) is 0 Å². The van der Waals surface area contributed by atoms with E-state index < -0.39 is 5.97 Å². The van der Waals surface area contributed by atoms with Gasteiger partial charge in [0.1, 0.15) is 5.75 Å². The topological polar surface area (TPSA) is 43.4 Å². The van der Waals surface area contributed by atoms with Crippen molar-refractivity contribution in [3.63, 3.8) is 0 Å². The molecule has 1 aromatic carbocycles. The summed E-state index contributed by atoms with van der Waals surface area (Å²) in [6.07, 6.45) is 3.08.